The van der Waals surface area contributed by atoms with Crippen LogP contribution < -0.4 is 0 Å². The minimum Gasteiger partial charge on any atom is -0.481 e. The van der Waals surface area contributed by atoms with Crippen molar-refractivity contribution in [1.29, 1.82) is 0 Å². The zero-order valence-electron chi connectivity index (χ0n) is 14.1. The summed E-state index contributed by atoms with van der Waals surface area (Å²) in [5.74, 6) is 0.549. The van der Waals surface area contributed by atoms with Crippen molar-refractivity contribution in [2.45, 2.75) is 78.2 Å². The third-order valence-electron chi connectivity index (χ3n) is 6.13. The second kappa shape index (κ2) is 7.13. The molecule has 0 aromatic rings. The molecule has 122 valence electrons. The second-order valence-corrected chi connectivity index (χ2v) is 7.65. The van der Waals surface area contributed by atoms with E-state index in [4.69, 9.17) is 0 Å². The van der Waals surface area contributed by atoms with Crippen LogP contribution in [0.1, 0.15) is 72.1 Å². The topological polar surface area (TPSA) is 40.5 Å². The lowest BCUT2D eigenvalue weighted by atomic mass is 9.76. The van der Waals surface area contributed by atoms with Gasteiger partial charge in [-0.3, -0.25) is 9.69 Å². The lowest BCUT2D eigenvalue weighted by molar-refractivity contribution is -0.151. The number of nitrogens with zero attached hydrogens (tertiary/aromatic N) is 1. The molecule has 2 rings (SSSR count). The fourth-order valence-electron chi connectivity index (χ4n) is 4.49. The lowest BCUT2D eigenvalue weighted by Gasteiger charge is -2.32. The molecule has 0 aromatic carbocycles. The Labute approximate surface area is 130 Å². The molecule has 1 heterocycles. The molecule has 1 aliphatic heterocycles. The van der Waals surface area contributed by atoms with E-state index in [1.54, 1.807) is 0 Å². The molecule has 3 unspecified atom stereocenters. The molecule has 0 radical (unpaired) electrons. The number of carboxylic acid groups (broad SMARTS) is 1. The Kier molecular flexibility index (Phi) is 5.70. The molecule has 1 N–H and O–H groups in total. The Bertz CT molecular complexity index is 355. The molecule has 0 spiro atoms. The van der Waals surface area contributed by atoms with Crippen LogP contribution in [0, 0.1) is 17.3 Å². The van der Waals surface area contributed by atoms with Crippen molar-refractivity contribution in [3.8, 4) is 0 Å². The highest BCUT2D eigenvalue weighted by Gasteiger charge is 2.48. The molecule has 3 atom stereocenters. The first-order valence-electron chi connectivity index (χ1n) is 8.97. The zero-order chi connectivity index (χ0) is 15.5. The van der Waals surface area contributed by atoms with E-state index >= 15 is 0 Å². The molecule has 2 aliphatic rings. The highest BCUT2D eigenvalue weighted by molar-refractivity contribution is 5.75. The average Bonchev–Trinajstić information content (AvgIpc) is 2.77. The smallest absolute Gasteiger partial charge is 0.311 e. The summed E-state index contributed by atoms with van der Waals surface area (Å²) in [4.78, 5) is 14.3. The highest BCUT2D eigenvalue weighted by atomic mass is 16.4. The van der Waals surface area contributed by atoms with Crippen molar-refractivity contribution in [3.63, 3.8) is 0 Å². The lowest BCUT2D eigenvalue weighted by Crippen LogP contribution is -2.41. The SMILES string of the molecule is CCCC1CCCC(N2CCC(C(=O)O)(C(C)C)C2)CC1. The summed E-state index contributed by atoms with van der Waals surface area (Å²) in [5, 5.41) is 9.69. The van der Waals surface area contributed by atoms with Crippen molar-refractivity contribution in [1.82, 2.24) is 4.90 Å². The van der Waals surface area contributed by atoms with E-state index in [1.165, 1.54) is 44.9 Å². The maximum atomic E-state index is 11.8. The Morgan fingerprint density at radius 2 is 2.05 bits per heavy atom. The number of hydrogen-bond donors (Lipinski definition) is 1. The largest absolute Gasteiger partial charge is 0.481 e. The van der Waals surface area contributed by atoms with Gasteiger partial charge >= 0.3 is 5.97 Å². The number of carbonyl (C=O) groups is 1. The summed E-state index contributed by atoms with van der Waals surface area (Å²) in [7, 11) is 0. The third kappa shape index (κ3) is 3.61. The quantitative estimate of drug-likeness (QED) is 0.774. The van der Waals surface area contributed by atoms with Crippen molar-refractivity contribution >= 4 is 5.97 Å². The number of hydrogen-bond acceptors (Lipinski definition) is 2. The standard InChI is InChI=1S/C18H33NO2/c1-4-6-15-7-5-8-16(10-9-15)19-12-11-18(13-19,14(2)3)17(20)21/h14-16H,4-13H2,1-3H3,(H,20,21). The van der Waals surface area contributed by atoms with E-state index in [0.29, 0.717) is 6.04 Å². The van der Waals surface area contributed by atoms with Gasteiger partial charge in [-0.25, -0.2) is 0 Å². The monoisotopic (exact) mass is 295 g/mol. The third-order valence-corrected chi connectivity index (χ3v) is 6.13. The van der Waals surface area contributed by atoms with Crippen LogP contribution in [0.3, 0.4) is 0 Å². The van der Waals surface area contributed by atoms with Gasteiger partial charge in [0.15, 0.2) is 0 Å². The molecule has 3 heteroatoms. The van der Waals surface area contributed by atoms with Gasteiger partial charge in [-0.1, -0.05) is 46.5 Å². The molecule has 0 amide bonds. The molecule has 1 saturated heterocycles. The van der Waals surface area contributed by atoms with Gasteiger partial charge in [0.2, 0.25) is 0 Å². The van der Waals surface area contributed by atoms with Gasteiger partial charge < -0.3 is 5.11 Å². The molecule has 1 saturated carbocycles. The van der Waals surface area contributed by atoms with E-state index in [0.717, 1.165) is 25.4 Å². The summed E-state index contributed by atoms with van der Waals surface area (Å²) in [6.07, 6.45) is 10.1. The first kappa shape index (κ1) is 16.8. The zero-order valence-corrected chi connectivity index (χ0v) is 14.1. The van der Waals surface area contributed by atoms with Gasteiger partial charge in [0.1, 0.15) is 0 Å². The summed E-state index contributed by atoms with van der Waals surface area (Å²) in [6.45, 7) is 8.17. The molecule has 2 fully saturated rings. The number of aliphatic carboxylic acids is 1. The van der Waals surface area contributed by atoms with Crippen LogP contribution in [0.15, 0.2) is 0 Å². The van der Waals surface area contributed by atoms with Crippen LogP contribution in [-0.2, 0) is 4.79 Å². The Balaban J connectivity index is 1.96. The minimum absolute atomic E-state index is 0.221. The van der Waals surface area contributed by atoms with Gasteiger partial charge in [-0.15, -0.1) is 0 Å². The molecule has 0 bridgehead atoms. The summed E-state index contributed by atoms with van der Waals surface area (Å²) in [5.41, 5.74) is -0.505. The van der Waals surface area contributed by atoms with Crippen LogP contribution >= 0.6 is 0 Å². The minimum atomic E-state index is -0.586. The highest BCUT2D eigenvalue weighted by Crippen LogP contribution is 2.41. The normalized spacial score (nSPS) is 35.0. The van der Waals surface area contributed by atoms with Crippen molar-refractivity contribution in [3.05, 3.63) is 0 Å². The van der Waals surface area contributed by atoms with Crippen molar-refractivity contribution < 1.29 is 9.90 Å². The fraction of sp³-hybridized carbons (Fsp3) is 0.944. The van der Waals surface area contributed by atoms with Gasteiger partial charge in [-0.05, 0) is 44.1 Å². The van der Waals surface area contributed by atoms with Gasteiger partial charge in [0, 0.05) is 12.6 Å². The van der Waals surface area contributed by atoms with Crippen LogP contribution in [0.25, 0.3) is 0 Å². The number of rotatable bonds is 5. The Morgan fingerprint density at radius 3 is 2.62 bits per heavy atom. The van der Waals surface area contributed by atoms with Crippen molar-refractivity contribution in [2.75, 3.05) is 13.1 Å². The summed E-state index contributed by atoms with van der Waals surface area (Å²) in [6, 6.07) is 0.631. The predicted octanol–water partition coefficient (Wildman–Crippen LogP) is 4.17. The van der Waals surface area contributed by atoms with Crippen LogP contribution in [0.5, 0.6) is 0 Å². The number of likely N-dealkylation sites (tertiary alicyclic amines) is 1. The first-order chi connectivity index (χ1) is 9.99. The maximum Gasteiger partial charge on any atom is 0.311 e. The molecule has 0 aromatic heterocycles. The molecule has 1 aliphatic carbocycles. The van der Waals surface area contributed by atoms with Crippen molar-refractivity contribution in [2.24, 2.45) is 17.3 Å². The van der Waals surface area contributed by atoms with E-state index in [1.807, 2.05) is 0 Å². The van der Waals surface area contributed by atoms with Crippen LogP contribution in [0.4, 0.5) is 0 Å². The number of carboxylic acids is 1. The fourth-order valence-corrected chi connectivity index (χ4v) is 4.49. The van der Waals surface area contributed by atoms with E-state index in [9.17, 15) is 9.90 Å². The maximum absolute atomic E-state index is 11.8. The summed E-state index contributed by atoms with van der Waals surface area (Å²) >= 11 is 0. The van der Waals surface area contributed by atoms with Crippen LogP contribution in [0.2, 0.25) is 0 Å². The molecule has 3 nitrogen and oxygen atoms in total. The second-order valence-electron chi connectivity index (χ2n) is 7.65. The van der Waals surface area contributed by atoms with Gasteiger partial charge in [-0.2, -0.15) is 0 Å². The molecular weight excluding hydrogens is 262 g/mol. The van der Waals surface area contributed by atoms with Gasteiger partial charge in [0.05, 0.1) is 5.41 Å². The average molecular weight is 295 g/mol. The molecular formula is C18H33NO2. The van der Waals surface area contributed by atoms with Crippen LogP contribution in [-0.4, -0.2) is 35.1 Å². The van der Waals surface area contributed by atoms with Gasteiger partial charge in [0.25, 0.3) is 0 Å². The van der Waals surface area contributed by atoms with E-state index < -0.39 is 11.4 Å². The summed E-state index contributed by atoms with van der Waals surface area (Å²) < 4.78 is 0. The Hall–Kier alpha value is -0.570. The molecule has 21 heavy (non-hydrogen) atoms. The predicted molar refractivity (Wildman–Crippen MR) is 86.4 cm³/mol. The van der Waals surface area contributed by atoms with E-state index in [2.05, 4.69) is 25.7 Å². The van der Waals surface area contributed by atoms with E-state index in [-0.39, 0.29) is 5.92 Å². The first-order valence-corrected chi connectivity index (χ1v) is 8.97. The Morgan fingerprint density at radius 1 is 1.29 bits per heavy atom.